The van der Waals surface area contributed by atoms with Crippen LogP contribution in [0.2, 0.25) is 0 Å². The fourth-order valence-electron chi connectivity index (χ4n) is 3.69. The van der Waals surface area contributed by atoms with Gasteiger partial charge in [0.2, 0.25) is 5.91 Å². The summed E-state index contributed by atoms with van der Waals surface area (Å²) in [5.41, 5.74) is 1.89. The van der Waals surface area contributed by atoms with Gasteiger partial charge in [-0.15, -0.1) is 0 Å². The van der Waals surface area contributed by atoms with E-state index in [4.69, 9.17) is 9.47 Å². The molecule has 1 saturated heterocycles. The Morgan fingerprint density at radius 3 is 2.67 bits per heavy atom. The van der Waals surface area contributed by atoms with E-state index < -0.39 is 0 Å². The molecular weight excluding hydrogens is 384 g/mol. The summed E-state index contributed by atoms with van der Waals surface area (Å²) in [6.45, 7) is 3.10. The lowest BCUT2D eigenvalue weighted by Gasteiger charge is -2.30. The third-order valence-electron chi connectivity index (χ3n) is 5.34. The van der Waals surface area contributed by atoms with Crippen LogP contribution in [0.25, 0.3) is 0 Å². The van der Waals surface area contributed by atoms with Gasteiger partial charge in [-0.1, -0.05) is 12.1 Å². The highest BCUT2D eigenvalue weighted by molar-refractivity contribution is 6.04. The molecule has 0 unspecified atom stereocenters. The number of hydrogen-bond acceptors (Lipinski definition) is 5. The van der Waals surface area contributed by atoms with Gasteiger partial charge in [0.25, 0.3) is 5.91 Å². The zero-order valence-electron chi connectivity index (χ0n) is 16.9. The molecule has 0 aromatic heterocycles. The number of ether oxygens (including phenoxy) is 2. The number of fused-ring (bicyclic) bond motifs is 1. The van der Waals surface area contributed by atoms with Crippen molar-refractivity contribution >= 4 is 23.3 Å². The molecular formula is C23H24N2O5. The first-order valence-corrected chi connectivity index (χ1v) is 10.1. The summed E-state index contributed by atoms with van der Waals surface area (Å²) in [4.78, 5) is 40.9. The molecule has 156 valence electrons. The first-order valence-electron chi connectivity index (χ1n) is 10.1. The Morgan fingerprint density at radius 2 is 1.90 bits per heavy atom. The maximum atomic E-state index is 12.7. The molecule has 2 aromatic carbocycles. The van der Waals surface area contributed by atoms with Crippen LogP contribution in [0.3, 0.4) is 0 Å². The number of likely N-dealkylation sites (tertiary alicyclic amines) is 1. The number of carbonyl (C=O) groups is 3. The number of hydrogen-bond donors (Lipinski definition) is 0. The summed E-state index contributed by atoms with van der Waals surface area (Å²) in [6.07, 6.45) is 1.97. The number of ketones is 1. The third kappa shape index (κ3) is 4.30. The number of carbonyl (C=O) groups excluding carboxylic acids is 3. The second kappa shape index (κ2) is 8.57. The summed E-state index contributed by atoms with van der Waals surface area (Å²) < 4.78 is 11.1. The highest BCUT2D eigenvalue weighted by atomic mass is 16.5. The first-order chi connectivity index (χ1) is 14.5. The Kier molecular flexibility index (Phi) is 5.70. The van der Waals surface area contributed by atoms with E-state index in [0.29, 0.717) is 22.7 Å². The zero-order valence-corrected chi connectivity index (χ0v) is 16.9. The number of benzene rings is 2. The Balaban J connectivity index is 1.50. The van der Waals surface area contributed by atoms with Crippen LogP contribution in [0.4, 0.5) is 5.69 Å². The van der Waals surface area contributed by atoms with Crippen LogP contribution >= 0.6 is 0 Å². The molecule has 2 aliphatic rings. The van der Waals surface area contributed by atoms with E-state index in [-0.39, 0.29) is 37.4 Å². The number of rotatable bonds is 6. The third-order valence-corrected chi connectivity index (χ3v) is 5.34. The van der Waals surface area contributed by atoms with Crippen molar-refractivity contribution in [2.24, 2.45) is 0 Å². The predicted octanol–water partition coefficient (Wildman–Crippen LogP) is 2.60. The molecule has 0 radical (unpaired) electrons. The summed E-state index contributed by atoms with van der Waals surface area (Å²) in [5.74, 6) is 0.504. The molecule has 4 rings (SSSR count). The topological polar surface area (TPSA) is 76.2 Å². The molecule has 2 aromatic rings. The number of anilines is 1. The SMILES string of the molecule is Cc1cccc(OCC(=O)c2ccc3c(c2)N(CC(=O)N2CCCC2)C(=O)CO3)c1. The van der Waals surface area contributed by atoms with Crippen LogP contribution < -0.4 is 14.4 Å². The Morgan fingerprint density at radius 1 is 1.10 bits per heavy atom. The minimum absolute atomic E-state index is 0.0490. The molecule has 7 heteroatoms. The molecule has 1 fully saturated rings. The van der Waals surface area contributed by atoms with Crippen LogP contribution in [0.1, 0.15) is 28.8 Å². The average molecular weight is 408 g/mol. The molecule has 0 spiro atoms. The fourth-order valence-corrected chi connectivity index (χ4v) is 3.69. The molecule has 0 aliphatic carbocycles. The van der Waals surface area contributed by atoms with Gasteiger partial charge in [-0.3, -0.25) is 19.3 Å². The lowest BCUT2D eigenvalue weighted by Crippen LogP contribution is -2.46. The molecule has 0 saturated carbocycles. The van der Waals surface area contributed by atoms with Gasteiger partial charge in [0, 0.05) is 18.7 Å². The van der Waals surface area contributed by atoms with E-state index in [1.54, 1.807) is 29.2 Å². The summed E-state index contributed by atoms with van der Waals surface area (Å²) in [7, 11) is 0. The van der Waals surface area contributed by atoms with E-state index in [9.17, 15) is 14.4 Å². The van der Waals surface area contributed by atoms with E-state index in [1.807, 2.05) is 25.1 Å². The molecule has 30 heavy (non-hydrogen) atoms. The maximum absolute atomic E-state index is 12.7. The van der Waals surface area contributed by atoms with Crippen molar-refractivity contribution in [1.82, 2.24) is 4.90 Å². The predicted molar refractivity (Wildman–Crippen MR) is 111 cm³/mol. The van der Waals surface area contributed by atoms with E-state index in [0.717, 1.165) is 31.5 Å². The highest BCUT2D eigenvalue weighted by Crippen LogP contribution is 2.33. The van der Waals surface area contributed by atoms with Gasteiger partial charge in [0.05, 0.1) is 5.69 Å². The largest absolute Gasteiger partial charge is 0.485 e. The van der Waals surface area contributed by atoms with Gasteiger partial charge in [-0.2, -0.15) is 0 Å². The number of nitrogens with zero attached hydrogens (tertiary/aromatic N) is 2. The number of Topliss-reactive ketones (excluding diaryl/α,β-unsaturated/α-hetero) is 1. The van der Waals surface area contributed by atoms with Gasteiger partial charge in [0.15, 0.2) is 19.0 Å². The Labute approximate surface area is 175 Å². The Hall–Kier alpha value is -3.35. The first kappa shape index (κ1) is 19.9. The van der Waals surface area contributed by atoms with Gasteiger partial charge < -0.3 is 14.4 Å². The fraction of sp³-hybridized carbons (Fsp3) is 0.348. The van der Waals surface area contributed by atoms with Crippen LogP contribution in [0.15, 0.2) is 42.5 Å². The van der Waals surface area contributed by atoms with Gasteiger partial charge in [-0.25, -0.2) is 0 Å². The molecule has 0 atom stereocenters. The minimum atomic E-state index is -0.296. The monoisotopic (exact) mass is 408 g/mol. The molecule has 7 nitrogen and oxygen atoms in total. The van der Waals surface area contributed by atoms with Crippen LogP contribution in [-0.4, -0.2) is 55.3 Å². The Bertz CT molecular complexity index is 981. The van der Waals surface area contributed by atoms with Crippen LogP contribution in [0, 0.1) is 6.92 Å². The van der Waals surface area contributed by atoms with Crippen molar-refractivity contribution in [1.29, 1.82) is 0 Å². The molecule has 0 N–H and O–H groups in total. The second-order valence-corrected chi connectivity index (χ2v) is 7.57. The standard InChI is InChI=1S/C23H24N2O5/c1-16-5-4-6-18(11-16)29-14-20(26)17-7-8-21-19(12-17)25(23(28)15-30-21)13-22(27)24-9-2-3-10-24/h4-8,11-12H,2-3,9-10,13-15H2,1H3. The van der Waals surface area contributed by atoms with E-state index >= 15 is 0 Å². The van der Waals surface area contributed by atoms with Crippen molar-refractivity contribution in [2.75, 3.05) is 37.7 Å². The quantitative estimate of drug-likeness (QED) is 0.687. The van der Waals surface area contributed by atoms with Crippen molar-refractivity contribution < 1.29 is 23.9 Å². The molecule has 2 amide bonds. The van der Waals surface area contributed by atoms with Crippen molar-refractivity contribution in [3.8, 4) is 11.5 Å². The minimum Gasteiger partial charge on any atom is -0.485 e. The van der Waals surface area contributed by atoms with Crippen molar-refractivity contribution in [2.45, 2.75) is 19.8 Å². The van der Waals surface area contributed by atoms with Gasteiger partial charge >= 0.3 is 0 Å². The van der Waals surface area contributed by atoms with E-state index in [2.05, 4.69) is 0 Å². The summed E-state index contributed by atoms with van der Waals surface area (Å²) in [5, 5.41) is 0. The van der Waals surface area contributed by atoms with Crippen LogP contribution in [0.5, 0.6) is 11.5 Å². The van der Waals surface area contributed by atoms with Gasteiger partial charge in [-0.05, 0) is 55.7 Å². The zero-order chi connectivity index (χ0) is 21.1. The molecule has 2 aliphatic heterocycles. The van der Waals surface area contributed by atoms with Gasteiger partial charge in [0.1, 0.15) is 18.0 Å². The van der Waals surface area contributed by atoms with E-state index in [1.165, 1.54) is 4.90 Å². The van der Waals surface area contributed by atoms with Crippen molar-refractivity contribution in [3.05, 3.63) is 53.6 Å². The lowest BCUT2D eigenvalue weighted by molar-refractivity contribution is -0.131. The molecule has 0 bridgehead atoms. The normalized spacial score (nSPS) is 15.6. The second-order valence-electron chi connectivity index (χ2n) is 7.57. The smallest absolute Gasteiger partial charge is 0.265 e. The number of aryl methyl sites for hydroxylation is 1. The summed E-state index contributed by atoms with van der Waals surface area (Å²) >= 11 is 0. The highest BCUT2D eigenvalue weighted by Gasteiger charge is 2.30. The lowest BCUT2D eigenvalue weighted by atomic mass is 10.1. The molecule has 2 heterocycles. The summed E-state index contributed by atoms with van der Waals surface area (Å²) in [6, 6.07) is 12.4. The van der Waals surface area contributed by atoms with Crippen molar-refractivity contribution in [3.63, 3.8) is 0 Å². The van der Waals surface area contributed by atoms with Crippen LogP contribution in [-0.2, 0) is 9.59 Å². The average Bonchev–Trinajstić information content (AvgIpc) is 3.29. The maximum Gasteiger partial charge on any atom is 0.265 e. The number of amides is 2.